The maximum Gasteiger partial charge on any atom is 0.248 e. The van der Waals surface area contributed by atoms with Crippen molar-refractivity contribution in [3.8, 4) is 11.5 Å². The number of fused-ring (bicyclic) bond motifs is 2. The minimum atomic E-state index is -0.256. The van der Waals surface area contributed by atoms with Gasteiger partial charge in [-0.2, -0.15) is 0 Å². The lowest BCUT2D eigenvalue weighted by molar-refractivity contribution is -0.111. The summed E-state index contributed by atoms with van der Waals surface area (Å²) >= 11 is 6.15. The number of hydrogen-bond donors (Lipinski definition) is 1. The first-order chi connectivity index (χ1) is 13.2. The third kappa shape index (κ3) is 3.24. The third-order valence-electron chi connectivity index (χ3n) is 4.47. The van der Waals surface area contributed by atoms with Gasteiger partial charge in [0.05, 0.1) is 5.02 Å². The average Bonchev–Trinajstić information content (AvgIpc) is 3.23. The minimum absolute atomic E-state index is 0.149. The number of nitrogens with zero attached hydrogens (tertiary/aromatic N) is 1. The molecule has 2 aromatic carbocycles. The Labute approximate surface area is 159 Å². The Morgan fingerprint density at radius 2 is 2.11 bits per heavy atom. The number of nitrogens with one attached hydrogen (secondary N) is 1. The van der Waals surface area contributed by atoms with Gasteiger partial charge in [-0.1, -0.05) is 11.6 Å². The highest BCUT2D eigenvalue weighted by Gasteiger charge is 2.28. The van der Waals surface area contributed by atoms with Crippen molar-refractivity contribution in [2.45, 2.75) is 18.8 Å². The number of benzene rings is 2. The van der Waals surface area contributed by atoms with E-state index in [1.807, 2.05) is 12.1 Å². The molecule has 5 rings (SSSR count). The molecule has 0 saturated heterocycles. The minimum Gasteiger partial charge on any atom is -0.454 e. The van der Waals surface area contributed by atoms with Gasteiger partial charge < -0.3 is 19.2 Å². The summed E-state index contributed by atoms with van der Waals surface area (Å²) in [7, 11) is 0. The van der Waals surface area contributed by atoms with Crippen LogP contribution in [0, 0.1) is 0 Å². The van der Waals surface area contributed by atoms with E-state index in [1.54, 1.807) is 24.3 Å². The molecule has 0 atom stereocenters. The van der Waals surface area contributed by atoms with Gasteiger partial charge in [0.15, 0.2) is 23.0 Å². The maximum atomic E-state index is 12.2. The number of anilines is 1. The van der Waals surface area contributed by atoms with Crippen LogP contribution >= 0.6 is 11.6 Å². The molecule has 1 aliphatic heterocycles. The summed E-state index contributed by atoms with van der Waals surface area (Å²) in [5.41, 5.74) is 2.90. The number of oxazole rings is 1. The topological polar surface area (TPSA) is 73.6 Å². The zero-order valence-corrected chi connectivity index (χ0v) is 15.0. The number of aromatic nitrogens is 1. The summed E-state index contributed by atoms with van der Waals surface area (Å²) < 4.78 is 16.3. The van der Waals surface area contributed by atoms with E-state index in [4.69, 9.17) is 25.5 Å². The third-order valence-corrected chi connectivity index (χ3v) is 4.76. The molecular formula is C20H15ClN2O4. The lowest BCUT2D eigenvalue weighted by atomic mass is 10.2. The van der Waals surface area contributed by atoms with E-state index in [0.717, 1.165) is 35.4 Å². The molecule has 1 N–H and O–H groups in total. The zero-order valence-electron chi connectivity index (χ0n) is 14.2. The molecule has 0 spiro atoms. The molecule has 3 aromatic rings. The van der Waals surface area contributed by atoms with Crippen LogP contribution in [0.25, 0.3) is 17.2 Å². The molecule has 1 fully saturated rings. The Hall–Kier alpha value is -2.99. The summed E-state index contributed by atoms with van der Waals surface area (Å²) in [6.45, 7) is 0.149. The number of halogens is 1. The molecule has 0 unspecified atom stereocenters. The number of amides is 1. The van der Waals surface area contributed by atoms with Gasteiger partial charge in [0.25, 0.3) is 0 Å². The number of carbonyl (C=O) groups excluding carboxylic acids is 1. The Morgan fingerprint density at radius 1 is 1.22 bits per heavy atom. The van der Waals surface area contributed by atoms with Crippen molar-refractivity contribution in [1.29, 1.82) is 0 Å². The first kappa shape index (κ1) is 16.2. The second-order valence-electron chi connectivity index (χ2n) is 6.57. The van der Waals surface area contributed by atoms with E-state index in [-0.39, 0.29) is 12.7 Å². The van der Waals surface area contributed by atoms with Crippen molar-refractivity contribution in [3.05, 3.63) is 52.9 Å². The molecule has 1 amide bonds. The molecule has 27 heavy (non-hydrogen) atoms. The average molecular weight is 383 g/mol. The predicted octanol–water partition coefficient (Wildman–Crippen LogP) is 4.74. The van der Waals surface area contributed by atoms with E-state index < -0.39 is 0 Å². The molecule has 1 aromatic heterocycles. The second kappa shape index (κ2) is 6.32. The van der Waals surface area contributed by atoms with Crippen molar-refractivity contribution in [2.75, 3.05) is 12.1 Å². The van der Waals surface area contributed by atoms with E-state index in [0.29, 0.717) is 28.1 Å². The van der Waals surface area contributed by atoms with Gasteiger partial charge in [-0.25, -0.2) is 4.98 Å². The van der Waals surface area contributed by atoms with Crippen molar-refractivity contribution >= 4 is 40.4 Å². The molecule has 0 bridgehead atoms. The molecule has 2 heterocycles. The van der Waals surface area contributed by atoms with Crippen LogP contribution < -0.4 is 14.8 Å². The van der Waals surface area contributed by atoms with Gasteiger partial charge >= 0.3 is 0 Å². The van der Waals surface area contributed by atoms with Gasteiger partial charge in [-0.05, 0) is 54.8 Å². The first-order valence-corrected chi connectivity index (χ1v) is 9.02. The van der Waals surface area contributed by atoms with Crippen LogP contribution in [0.3, 0.4) is 0 Å². The van der Waals surface area contributed by atoms with Crippen LogP contribution in [0.4, 0.5) is 5.69 Å². The second-order valence-corrected chi connectivity index (χ2v) is 6.98. The smallest absolute Gasteiger partial charge is 0.248 e. The molecule has 6 nitrogen and oxygen atoms in total. The predicted molar refractivity (Wildman–Crippen MR) is 101 cm³/mol. The van der Waals surface area contributed by atoms with Gasteiger partial charge in [0, 0.05) is 17.7 Å². The quantitative estimate of drug-likeness (QED) is 0.660. The van der Waals surface area contributed by atoms with E-state index >= 15 is 0 Å². The van der Waals surface area contributed by atoms with Gasteiger partial charge in [0.2, 0.25) is 12.7 Å². The number of ether oxygens (including phenoxy) is 2. The van der Waals surface area contributed by atoms with Gasteiger partial charge in [-0.15, -0.1) is 0 Å². The summed E-state index contributed by atoms with van der Waals surface area (Å²) in [5.74, 6) is 2.09. The monoisotopic (exact) mass is 382 g/mol. The van der Waals surface area contributed by atoms with E-state index in [2.05, 4.69) is 10.3 Å². The summed E-state index contributed by atoms with van der Waals surface area (Å²) in [6, 6.07) is 8.94. The number of carbonyl (C=O) groups is 1. The molecule has 7 heteroatoms. The summed E-state index contributed by atoms with van der Waals surface area (Å²) in [6.07, 6.45) is 5.37. The van der Waals surface area contributed by atoms with Crippen LogP contribution in [0.2, 0.25) is 5.02 Å². The molecule has 1 aliphatic carbocycles. The van der Waals surface area contributed by atoms with Crippen molar-refractivity contribution in [3.63, 3.8) is 0 Å². The van der Waals surface area contributed by atoms with E-state index in [9.17, 15) is 4.79 Å². The van der Waals surface area contributed by atoms with Crippen molar-refractivity contribution in [1.82, 2.24) is 4.98 Å². The van der Waals surface area contributed by atoms with Crippen molar-refractivity contribution < 1.29 is 18.7 Å². The first-order valence-electron chi connectivity index (χ1n) is 8.64. The number of hydrogen-bond acceptors (Lipinski definition) is 5. The van der Waals surface area contributed by atoms with Crippen LogP contribution in [-0.4, -0.2) is 17.7 Å². The Balaban J connectivity index is 1.31. The molecular weight excluding hydrogens is 368 g/mol. The maximum absolute atomic E-state index is 12.2. The molecule has 1 saturated carbocycles. The summed E-state index contributed by atoms with van der Waals surface area (Å²) in [4.78, 5) is 16.7. The number of rotatable bonds is 4. The van der Waals surface area contributed by atoms with Crippen molar-refractivity contribution in [2.24, 2.45) is 0 Å². The van der Waals surface area contributed by atoms with Crippen LogP contribution in [0.15, 0.2) is 40.8 Å². The normalized spacial score (nSPS) is 15.6. The highest BCUT2D eigenvalue weighted by Crippen LogP contribution is 2.41. The van der Waals surface area contributed by atoms with Gasteiger partial charge in [0.1, 0.15) is 5.52 Å². The Morgan fingerprint density at radius 3 is 2.96 bits per heavy atom. The Bertz CT molecular complexity index is 1090. The highest BCUT2D eigenvalue weighted by molar-refractivity contribution is 6.32. The van der Waals surface area contributed by atoms with Crippen LogP contribution in [-0.2, 0) is 4.79 Å². The molecule has 0 radical (unpaired) electrons. The van der Waals surface area contributed by atoms with Gasteiger partial charge in [-0.3, -0.25) is 4.79 Å². The van der Waals surface area contributed by atoms with Crippen LogP contribution in [0.5, 0.6) is 11.5 Å². The molecule has 136 valence electrons. The molecule has 2 aliphatic rings. The van der Waals surface area contributed by atoms with E-state index in [1.165, 1.54) is 6.08 Å². The largest absolute Gasteiger partial charge is 0.454 e. The van der Waals surface area contributed by atoms with Crippen LogP contribution in [0.1, 0.15) is 30.2 Å². The fourth-order valence-corrected chi connectivity index (χ4v) is 3.24. The lowest BCUT2D eigenvalue weighted by Crippen LogP contribution is -2.07. The fraction of sp³-hybridized carbons (Fsp3) is 0.200. The lowest BCUT2D eigenvalue weighted by Gasteiger charge is -2.02. The fourth-order valence-electron chi connectivity index (χ4n) is 2.97. The summed E-state index contributed by atoms with van der Waals surface area (Å²) in [5, 5.41) is 3.28. The zero-order chi connectivity index (χ0) is 18.4. The Kier molecular flexibility index (Phi) is 3.79. The SMILES string of the molecule is O=C(/C=C/c1cc(Cl)c2c(c1)OCO2)Nc1ccc2oc(C3CC3)nc2c1. The standard InChI is InChI=1S/C20H15ClN2O4/c21-14-7-11(8-17-19(14)26-10-25-17)1-6-18(24)22-13-4-5-16-15(9-13)23-20(27-16)12-2-3-12/h1,4-9,12H,2-3,10H2,(H,22,24)/b6-1+. The highest BCUT2D eigenvalue weighted by atomic mass is 35.5.